The van der Waals surface area contributed by atoms with Crippen LogP contribution < -0.4 is 5.32 Å². The minimum Gasteiger partial charge on any atom is -0.354 e. The van der Waals surface area contributed by atoms with Gasteiger partial charge in [-0.2, -0.15) is 0 Å². The predicted octanol–water partition coefficient (Wildman–Crippen LogP) is 15.3. The molecule has 68 heavy (non-hydrogen) atoms. The summed E-state index contributed by atoms with van der Waals surface area (Å²) in [5, 5.41) is 16.0. The minimum atomic E-state index is 0.451. The van der Waals surface area contributed by atoms with Crippen molar-refractivity contribution in [3.8, 4) is 50.7 Å². The van der Waals surface area contributed by atoms with Crippen molar-refractivity contribution in [3.05, 3.63) is 270 Å². The molecule has 1 aliphatic heterocycles. The van der Waals surface area contributed by atoms with E-state index in [0.29, 0.717) is 11.5 Å². The molecule has 0 bridgehead atoms. The lowest BCUT2D eigenvalue weighted by Gasteiger charge is -2.27. The Balaban J connectivity index is 0.957. The molecule has 0 spiro atoms. The number of para-hydroxylation sites is 2. The minimum absolute atomic E-state index is 0.451. The number of nitrogens with zero attached hydrogens (tertiary/aromatic N) is 3. The number of benzene rings is 9. The summed E-state index contributed by atoms with van der Waals surface area (Å²) in [6.07, 6.45) is 2.21. The molecule has 12 rings (SSSR count). The molecular weight excluding hydrogens is 827 g/mol. The Morgan fingerprint density at radius 1 is 0.412 bits per heavy atom. The van der Waals surface area contributed by atoms with E-state index in [1.165, 1.54) is 21.8 Å². The van der Waals surface area contributed by atoms with E-state index in [1.807, 2.05) is 72.8 Å². The smallest absolute Gasteiger partial charge is 0.160 e. The van der Waals surface area contributed by atoms with Crippen molar-refractivity contribution in [2.45, 2.75) is 0 Å². The molecule has 0 radical (unpaired) electrons. The Kier molecular flexibility index (Phi) is 10.3. The molecule has 5 heteroatoms. The van der Waals surface area contributed by atoms with Crippen LogP contribution in [0.25, 0.3) is 95.6 Å². The summed E-state index contributed by atoms with van der Waals surface area (Å²) in [6, 6.07) is 84.2. The molecule has 0 unspecified atom stereocenters. The summed E-state index contributed by atoms with van der Waals surface area (Å²) in [5.74, 6) is 0.671. The maximum absolute atomic E-state index is 9.71. The lowest BCUT2D eigenvalue weighted by molar-refractivity contribution is 1.16. The average Bonchev–Trinajstić information content (AvgIpc) is 3.76. The van der Waals surface area contributed by atoms with Crippen molar-refractivity contribution in [1.29, 1.82) is 5.41 Å². The number of rotatable bonds is 9. The molecule has 5 nitrogen and oxygen atoms in total. The Morgan fingerprint density at radius 3 is 1.60 bits per heavy atom. The van der Waals surface area contributed by atoms with Crippen LogP contribution in [0.15, 0.2) is 243 Å². The standard InChI is InChI=1S/C63H43N5/c64-61(46-22-9-3-10-23-46)60(45-20-7-2-8-21-45)62-54-39-48(36-37-49(54)40-55(65-62)43-18-5-1-6-19-43)42-32-34-44(35-33-42)56-41-57(67-63(66-56)47-24-11-4-12-25-47)50-26-17-27-51(38-50)68-58-30-15-13-28-52(58)53-29-14-16-31-59(53)68/h1-41,64-65H/b62-60-,64-61?. The maximum atomic E-state index is 9.71. The summed E-state index contributed by atoms with van der Waals surface area (Å²) < 4.78 is 2.34. The second-order valence-corrected chi connectivity index (χ2v) is 17.0. The second kappa shape index (κ2) is 17.3. The summed E-state index contributed by atoms with van der Waals surface area (Å²) in [4.78, 5) is 10.4. The number of hydrogen-bond acceptors (Lipinski definition) is 4. The van der Waals surface area contributed by atoms with E-state index >= 15 is 0 Å². The highest BCUT2D eigenvalue weighted by Gasteiger charge is 2.25. The molecule has 9 aromatic carbocycles. The first-order valence-electron chi connectivity index (χ1n) is 22.9. The Hall–Kier alpha value is -9.19. The van der Waals surface area contributed by atoms with Crippen molar-refractivity contribution >= 4 is 50.6 Å². The van der Waals surface area contributed by atoms with Gasteiger partial charge in [0.15, 0.2) is 5.82 Å². The third-order valence-corrected chi connectivity index (χ3v) is 12.8. The van der Waals surface area contributed by atoms with Gasteiger partial charge in [-0.15, -0.1) is 0 Å². The summed E-state index contributed by atoms with van der Waals surface area (Å²) in [5.41, 5.74) is 18.4. The van der Waals surface area contributed by atoms with Crippen LogP contribution in [0.1, 0.15) is 27.8 Å². The van der Waals surface area contributed by atoms with Crippen molar-refractivity contribution < 1.29 is 0 Å². The Morgan fingerprint density at radius 2 is 0.941 bits per heavy atom. The van der Waals surface area contributed by atoms with Crippen molar-refractivity contribution in [2.75, 3.05) is 0 Å². The van der Waals surface area contributed by atoms with Gasteiger partial charge in [0.2, 0.25) is 0 Å². The molecule has 0 saturated heterocycles. The largest absolute Gasteiger partial charge is 0.354 e. The SMILES string of the molecule is N=C(/C(=C1\NC(c2ccccc2)=Cc2ccc(-c3ccc(-c4cc(-c5cccc(-n6c7ccccc7c7ccccc76)c5)nc(-c5ccccc5)n4)cc3)cc21)c1ccccc1)c1ccccc1. The zero-order chi connectivity index (χ0) is 45.4. The van der Waals surface area contributed by atoms with Gasteiger partial charge in [0.25, 0.3) is 0 Å². The van der Waals surface area contributed by atoms with Crippen LogP contribution >= 0.6 is 0 Å². The highest BCUT2D eigenvalue weighted by molar-refractivity contribution is 6.36. The van der Waals surface area contributed by atoms with E-state index in [9.17, 15) is 5.41 Å². The molecule has 320 valence electrons. The molecule has 2 aromatic heterocycles. The van der Waals surface area contributed by atoms with Gasteiger partial charge in [-0.1, -0.05) is 206 Å². The van der Waals surface area contributed by atoms with Crippen molar-refractivity contribution in [2.24, 2.45) is 0 Å². The van der Waals surface area contributed by atoms with Crippen molar-refractivity contribution in [1.82, 2.24) is 19.9 Å². The number of allylic oxidation sites excluding steroid dienone is 1. The highest BCUT2D eigenvalue weighted by atomic mass is 15.0. The van der Waals surface area contributed by atoms with Crippen LogP contribution in [0, 0.1) is 5.41 Å². The molecule has 0 saturated carbocycles. The summed E-state index contributed by atoms with van der Waals surface area (Å²) in [6.45, 7) is 0. The van der Waals surface area contributed by atoms with E-state index in [-0.39, 0.29) is 0 Å². The van der Waals surface area contributed by atoms with E-state index in [2.05, 4.69) is 186 Å². The third kappa shape index (κ3) is 7.48. The van der Waals surface area contributed by atoms with Gasteiger partial charge in [-0.25, -0.2) is 9.97 Å². The predicted molar refractivity (Wildman–Crippen MR) is 282 cm³/mol. The topological polar surface area (TPSA) is 66.6 Å². The number of nitrogens with one attached hydrogen (secondary N) is 2. The molecule has 0 aliphatic carbocycles. The maximum Gasteiger partial charge on any atom is 0.160 e. The number of aromatic nitrogens is 3. The molecule has 3 heterocycles. The normalized spacial score (nSPS) is 12.9. The lowest BCUT2D eigenvalue weighted by atomic mass is 9.86. The van der Waals surface area contributed by atoms with E-state index in [0.717, 1.165) is 89.7 Å². The highest BCUT2D eigenvalue weighted by Crippen LogP contribution is 2.39. The van der Waals surface area contributed by atoms with Crippen molar-refractivity contribution in [3.63, 3.8) is 0 Å². The van der Waals surface area contributed by atoms with Gasteiger partial charge < -0.3 is 9.88 Å². The third-order valence-electron chi connectivity index (χ3n) is 12.8. The van der Waals surface area contributed by atoms with Gasteiger partial charge in [0.05, 0.1) is 33.8 Å². The monoisotopic (exact) mass is 869 g/mol. The van der Waals surface area contributed by atoms with E-state index in [1.54, 1.807) is 0 Å². The molecule has 11 aromatic rings. The first kappa shape index (κ1) is 40.3. The molecule has 0 atom stereocenters. The van der Waals surface area contributed by atoms with Crippen LogP contribution in [-0.4, -0.2) is 20.2 Å². The number of hydrogen-bond donors (Lipinski definition) is 2. The van der Waals surface area contributed by atoms with Gasteiger partial charge in [-0.05, 0) is 70.3 Å². The van der Waals surface area contributed by atoms with Crippen LogP contribution in [0.3, 0.4) is 0 Å². The fourth-order valence-electron chi connectivity index (χ4n) is 9.51. The average molecular weight is 870 g/mol. The summed E-state index contributed by atoms with van der Waals surface area (Å²) in [7, 11) is 0. The second-order valence-electron chi connectivity index (χ2n) is 17.0. The quantitative estimate of drug-likeness (QED) is 0.142. The molecule has 2 N–H and O–H groups in total. The Bertz CT molecular complexity index is 3690. The van der Waals surface area contributed by atoms with Gasteiger partial charge in [0, 0.05) is 55.5 Å². The van der Waals surface area contributed by atoms with Crippen LogP contribution in [0.2, 0.25) is 0 Å². The van der Waals surface area contributed by atoms with Gasteiger partial charge >= 0.3 is 0 Å². The molecule has 0 fully saturated rings. The fraction of sp³-hybridized carbons (Fsp3) is 0. The molecule has 0 amide bonds. The molecule has 1 aliphatic rings. The first-order chi connectivity index (χ1) is 33.6. The molecular formula is C63H43N5. The first-order valence-corrected chi connectivity index (χ1v) is 22.9. The van der Waals surface area contributed by atoms with Crippen LogP contribution in [0.5, 0.6) is 0 Å². The zero-order valence-corrected chi connectivity index (χ0v) is 37.0. The van der Waals surface area contributed by atoms with Crippen LogP contribution in [0.4, 0.5) is 0 Å². The fourth-order valence-corrected chi connectivity index (χ4v) is 9.51. The van der Waals surface area contributed by atoms with Gasteiger partial charge in [0.1, 0.15) is 0 Å². The van der Waals surface area contributed by atoms with E-state index in [4.69, 9.17) is 9.97 Å². The summed E-state index contributed by atoms with van der Waals surface area (Å²) >= 11 is 0. The zero-order valence-electron chi connectivity index (χ0n) is 37.0. The lowest BCUT2D eigenvalue weighted by Crippen LogP contribution is -2.20. The van der Waals surface area contributed by atoms with Gasteiger partial charge in [-0.3, -0.25) is 5.41 Å². The van der Waals surface area contributed by atoms with E-state index < -0.39 is 0 Å². The van der Waals surface area contributed by atoms with Crippen LogP contribution in [-0.2, 0) is 0 Å². The Labute approximate surface area is 395 Å². The number of fused-ring (bicyclic) bond motifs is 4.